The zero-order chi connectivity index (χ0) is 22.0. The van der Waals surface area contributed by atoms with Gasteiger partial charge in [0.1, 0.15) is 18.1 Å². The molecule has 0 saturated carbocycles. The zero-order valence-electron chi connectivity index (χ0n) is 15.4. The molecule has 0 rings (SSSR count). The molecule has 13 heteroatoms. The minimum absolute atomic E-state index is 0.264. The highest BCUT2D eigenvalue weighted by atomic mass is 16.4. The lowest BCUT2D eigenvalue weighted by atomic mass is 10.1. The van der Waals surface area contributed by atoms with Crippen LogP contribution < -0.4 is 27.4 Å². The molecule has 0 aromatic carbocycles. The van der Waals surface area contributed by atoms with Crippen LogP contribution in [-0.2, 0) is 28.8 Å². The van der Waals surface area contributed by atoms with E-state index in [4.69, 9.17) is 21.7 Å². The van der Waals surface area contributed by atoms with Gasteiger partial charge in [-0.3, -0.25) is 28.8 Å². The van der Waals surface area contributed by atoms with Crippen molar-refractivity contribution < 1.29 is 39.0 Å². The summed E-state index contributed by atoms with van der Waals surface area (Å²) < 4.78 is 0. The van der Waals surface area contributed by atoms with Gasteiger partial charge in [0.2, 0.25) is 23.6 Å². The van der Waals surface area contributed by atoms with E-state index in [-0.39, 0.29) is 12.8 Å². The number of hydrogen-bond acceptors (Lipinski definition) is 7. The third-order valence-corrected chi connectivity index (χ3v) is 3.47. The molecule has 0 aliphatic rings. The van der Waals surface area contributed by atoms with Crippen LogP contribution in [0.5, 0.6) is 0 Å². The first kappa shape index (κ1) is 24.8. The lowest BCUT2D eigenvalue weighted by molar-refractivity contribution is -0.143. The topological polar surface area (TPSA) is 231 Å². The van der Waals surface area contributed by atoms with E-state index in [1.807, 2.05) is 0 Å². The molecule has 4 atom stereocenters. The fraction of sp³-hybridized carbons (Fsp3) is 0.600. The van der Waals surface area contributed by atoms with Gasteiger partial charge in [0.25, 0.3) is 0 Å². The fourth-order valence-corrected chi connectivity index (χ4v) is 1.89. The summed E-state index contributed by atoms with van der Waals surface area (Å²) >= 11 is 0. The maximum absolute atomic E-state index is 12.4. The fourth-order valence-electron chi connectivity index (χ4n) is 1.89. The van der Waals surface area contributed by atoms with E-state index in [0.29, 0.717) is 0 Å². The standard InChI is InChI=1S/C15H25N5O8/c1-6(16)12(24)20-9(5-11(22)23)14(26)19-8(3-4-10(17)21)13(25)18-7(2)15(27)28/h6-9H,3-5,16H2,1-2H3,(H2,17,21)(H,18,25)(H,19,26)(H,20,24)(H,22,23)(H,27,28). The van der Waals surface area contributed by atoms with E-state index in [1.54, 1.807) is 0 Å². The maximum Gasteiger partial charge on any atom is 0.325 e. The van der Waals surface area contributed by atoms with E-state index >= 15 is 0 Å². The number of carboxylic acids is 2. The number of rotatable bonds is 12. The van der Waals surface area contributed by atoms with Gasteiger partial charge in [-0.15, -0.1) is 0 Å². The van der Waals surface area contributed by atoms with Crippen LogP contribution in [0.2, 0.25) is 0 Å². The number of carbonyl (C=O) groups excluding carboxylic acids is 4. The van der Waals surface area contributed by atoms with E-state index < -0.39 is 66.2 Å². The molecule has 0 fully saturated rings. The van der Waals surface area contributed by atoms with Crippen LogP contribution in [-0.4, -0.2) is 69.9 Å². The number of carbonyl (C=O) groups is 6. The highest BCUT2D eigenvalue weighted by Crippen LogP contribution is 2.02. The second-order valence-corrected chi connectivity index (χ2v) is 6.08. The number of hydrogen-bond donors (Lipinski definition) is 7. The largest absolute Gasteiger partial charge is 0.481 e. The van der Waals surface area contributed by atoms with Crippen LogP contribution in [0.25, 0.3) is 0 Å². The van der Waals surface area contributed by atoms with Gasteiger partial charge in [0.15, 0.2) is 0 Å². The van der Waals surface area contributed by atoms with Crippen molar-refractivity contribution in [2.45, 2.75) is 57.3 Å². The molecule has 13 nitrogen and oxygen atoms in total. The smallest absolute Gasteiger partial charge is 0.325 e. The summed E-state index contributed by atoms with van der Waals surface area (Å²) in [4.78, 5) is 69.1. The van der Waals surface area contributed by atoms with Crippen molar-refractivity contribution in [2.24, 2.45) is 11.5 Å². The van der Waals surface area contributed by atoms with Crippen molar-refractivity contribution in [3.05, 3.63) is 0 Å². The molecule has 158 valence electrons. The maximum atomic E-state index is 12.4. The minimum Gasteiger partial charge on any atom is -0.481 e. The third kappa shape index (κ3) is 9.47. The predicted octanol–water partition coefficient (Wildman–Crippen LogP) is -3.37. The molecular formula is C15H25N5O8. The molecule has 0 bridgehead atoms. The average molecular weight is 403 g/mol. The zero-order valence-corrected chi connectivity index (χ0v) is 15.4. The highest BCUT2D eigenvalue weighted by Gasteiger charge is 2.30. The Morgan fingerprint density at radius 3 is 1.79 bits per heavy atom. The number of aliphatic carboxylic acids is 2. The second kappa shape index (κ2) is 11.5. The molecule has 4 unspecified atom stereocenters. The lowest BCUT2D eigenvalue weighted by Crippen LogP contribution is -2.57. The van der Waals surface area contributed by atoms with Crippen LogP contribution >= 0.6 is 0 Å². The van der Waals surface area contributed by atoms with Gasteiger partial charge in [0.05, 0.1) is 12.5 Å². The van der Waals surface area contributed by atoms with Gasteiger partial charge < -0.3 is 37.6 Å². The van der Waals surface area contributed by atoms with Crippen molar-refractivity contribution in [1.29, 1.82) is 0 Å². The Kier molecular flexibility index (Phi) is 10.2. The monoisotopic (exact) mass is 403 g/mol. The molecule has 9 N–H and O–H groups in total. The van der Waals surface area contributed by atoms with Crippen molar-refractivity contribution >= 4 is 35.6 Å². The Morgan fingerprint density at radius 2 is 1.36 bits per heavy atom. The molecule has 0 radical (unpaired) electrons. The first-order valence-electron chi connectivity index (χ1n) is 8.24. The number of carboxylic acid groups (broad SMARTS) is 2. The number of nitrogens with one attached hydrogen (secondary N) is 3. The summed E-state index contributed by atoms with van der Waals surface area (Å²) in [6.45, 7) is 2.50. The number of nitrogens with two attached hydrogens (primary N) is 2. The molecule has 0 heterocycles. The summed E-state index contributed by atoms with van der Waals surface area (Å²) in [5.74, 6) is -6.24. The minimum atomic E-state index is -1.54. The average Bonchev–Trinajstić information content (AvgIpc) is 2.56. The Hall–Kier alpha value is -3.22. The molecule has 28 heavy (non-hydrogen) atoms. The van der Waals surface area contributed by atoms with Crippen molar-refractivity contribution in [3.63, 3.8) is 0 Å². The van der Waals surface area contributed by atoms with E-state index in [2.05, 4.69) is 16.0 Å². The van der Waals surface area contributed by atoms with E-state index in [1.165, 1.54) is 13.8 Å². The SMILES string of the molecule is CC(N)C(=O)NC(CC(=O)O)C(=O)NC(CCC(N)=O)C(=O)NC(C)C(=O)O. The van der Waals surface area contributed by atoms with Crippen molar-refractivity contribution in [1.82, 2.24) is 16.0 Å². The van der Waals surface area contributed by atoms with Gasteiger partial charge in [-0.25, -0.2) is 0 Å². The van der Waals surface area contributed by atoms with Crippen molar-refractivity contribution in [2.75, 3.05) is 0 Å². The first-order chi connectivity index (χ1) is 12.8. The summed E-state index contributed by atoms with van der Waals surface area (Å²) in [7, 11) is 0. The van der Waals surface area contributed by atoms with Crippen LogP contribution in [0.1, 0.15) is 33.1 Å². The summed E-state index contributed by atoms with van der Waals surface area (Å²) in [6.07, 6.45) is -1.37. The predicted molar refractivity (Wildman–Crippen MR) is 93.4 cm³/mol. The normalized spacial score (nSPS) is 14.7. The molecular weight excluding hydrogens is 378 g/mol. The molecule has 0 aromatic heterocycles. The van der Waals surface area contributed by atoms with E-state index in [9.17, 15) is 28.8 Å². The van der Waals surface area contributed by atoms with Gasteiger partial charge >= 0.3 is 11.9 Å². The Bertz CT molecular complexity index is 636. The summed E-state index contributed by atoms with van der Waals surface area (Å²) in [5, 5.41) is 24.2. The van der Waals surface area contributed by atoms with Crippen LogP contribution in [0.3, 0.4) is 0 Å². The molecule has 4 amide bonds. The Balaban J connectivity index is 5.34. The first-order valence-corrected chi connectivity index (χ1v) is 8.24. The van der Waals surface area contributed by atoms with E-state index in [0.717, 1.165) is 0 Å². The molecule has 0 aromatic rings. The second-order valence-electron chi connectivity index (χ2n) is 6.08. The van der Waals surface area contributed by atoms with Gasteiger partial charge in [-0.2, -0.15) is 0 Å². The molecule has 0 spiro atoms. The Morgan fingerprint density at radius 1 is 0.857 bits per heavy atom. The quantitative estimate of drug-likeness (QED) is 0.172. The van der Waals surface area contributed by atoms with Gasteiger partial charge in [-0.05, 0) is 20.3 Å². The van der Waals surface area contributed by atoms with Crippen molar-refractivity contribution in [3.8, 4) is 0 Å². The molecule has 0 saturated heterocycles. The lowest BCUT2D eigenvalue weighted by Gasteiger charge is -2.23. The van der Waals surface area contributed by atoms with Gasteiger partial charge in [0, 0.05) is 6.42 Å². The Labute approximate surface area is 160 Å². The number of amides is 4. The van der Waals surface area contributed by atoms with Crippen LogP contribution in [0.4, 0.5) is 0 Å². The van der Waals surface area contributed by atoms with Crippen LogP contribution in [0, 0.1) is 0 Å². The summed E-state index contributed by atoms with van der Waals surface area (Å²) in [5.41, 5.74) is 10.4. The number of primary amides is 1. The summed E-state index contributed by atoms with van der Waals surface area (Å²) in [6, 6.07) is -5.23. The van der Waals surface area contributed by atoms with Crippen LogP contribution in [0.15, 0.2) is 0 Å². The molecule has 0 aliphatic carbocycles. The third-order valence-electron chi connectivity index (χ3n) is 3.47. The highest BCUT2D eigenvalue weighted by molar-refractivity contribution is 5.95. The molecule has 0 aliphatic heterocycles. The van der Waals surface area contributed by atoms with Gasteiger partial charge in [-0.1, -0.05) is 0 Å².